The first-order valence-corrected chi connectivity index (χ1v) is 7.94. The van der Waals surface area contributed by atoms with Crippen LogP contribution in [0, 0.1) is 5.82 Å². The first-order chi connectivity index (χ1) is 10.4. The van der Waals surface area contributed by atoms with E-state index in [1.54, 1.807) is 12.1 Å². The summed E-state index contributed by atoms with van der Waals surface area (Å²) in [7, 11) is -3.76. The number of halogens is 1. The molecule has 0 fully saturated rings. The Kier molecular flexibility index (Phi) is 4.77. The number of hydrogen-bond donors (Lipinski definition) is 2. The molecule has 2 rings (SSSR count). The number of rotatable bonds is 6. The second-order valence-corrected chi connectivity index (χ2v) is 6.33. The number of sulfonamides is 1. The minimum Gasteiger partial charge on any atom is -0.481 e. The molecule has 0 aliphatic carbocycles. The first kappa shape index (κ1) is 16.0. The van der Waals surface area contributed by atoms with Gasteiger partial charge in [-0.05, 0) is 48.4 Å². The van der Waals surface area contributed by atoms with Crippen LogP contribution in [0.2, 0.25) is 0 Å². The smallest absolute Gasteiger partial charge is 0.303 e. The third kappa shape index (κ3) is 4.29. The average Bonchev–Trinajstić information content (AvgIpc) is 2.48. The summed E-state index contributed by atoms with van der Waals surface area (Å²) in [6.45, 7) is 0. The van der Waals surface area contributed by atoms with Crippen molar-refractivity contribution in [2.75, 3.05) is 4.72 Å². The molecule has 116 valence electrons. The van der Waals surface area contributed by atoms with Crippen LogP contribution >= 0.6 is 0 Å². The monoisotopic (exact) mass is 323 g/mol. The van der Waals surface area contributed by atoms with Crippen LogP contribution in [0.4, 0.5) is 10.1 Å². The van der Waals surface area contributed by atoms with E-state index in [-0.39, 0.29) is 17.0 Å². The zero-order valence-corrected chi connectivity index (χ0v) is 12.3. The fourth-order valence-corrected chi connectivity index (χ4v) is 2.88. The molecule has 2 N–H and O–H groups in total. The molecule has 0 spiro atoms. The summed E-state index contributed by atoms with van der Waals surface area (Å²) in [5.41, 5.74) is 1.000. The molecule has 0 saturated carbocycles. The van der Waals surface area contributed by atoms with Crippen LogP contribution in [0.5, 0.6) is 0 Å². The normalized spacial score (nSPS) is 11.1. The number of aryl methyl sites for hydroxylation is 1. The highest BCUT2D eigenvalue weighted by atomic mass is 32.2. The minimum atomic E-state index is -3.76. The second kappa shape index (κ2) is 6.57. The maximum atomic E-state index is 12.8. The van der Waals surface area contributed by atoms with Crippen molar-refractivity contribution in [1.29, 1.82) is 0 Å². The number of hydrogen-bond acceptors (Lipinski definition) is 3. The van der Waals surface area contributed by atoms with E-state index in [0.29, 0.717) is 6.42 Å². The van der Waals surface area contributed by atoms with Gasteiger partial charge < -0.3 is 5.11 Å². The van der Waals surface area contributed by atoms with Gasteiger partial charge in [-0.2, -0.15) is 0 Å². The van der Waals surface area contributed by atoms with E-state index in [1.807, 2.05) is 0 Å². The highest BCUT2D eigenvalue weighted by Crippen LogP contribution is 2.17. The molecule has 0 unspecified atom stereocenters. The van der Waals surface area contributed by atoms with E-state index in [0.717, 1.165) is 17.7 Å². The lowest BCUT2D eigenvalue weighted by Gasteiger charge is -2.08. The number of benzene rings is 2. The van der Waals surface area contributed by atoms with Gasteiger partial charge in [0.15, 0.2) is 0 Å². The topological polar surface area (TPSA) is 83.5 Å². The quantitative estimate of drug-likeness (QED) is 0.856. The lowest BCUT2D eigenvalue weighted by molar-refractivity contribution is -0.136. The molecular weight excluding hydrogens is 309 g/mol. The highest BCUT2D eigenvalue weighted by molar-refractivity contribution is 7.92. The summed E-state index contributed by atoms with van der Waals surface area (Å²) in [5.74, 6) is -1.36. The molecule has 0 atom stereocenters. The third-order valence-corrected chi connectivity index (χ3v) is 4.35. The van der Waals surface area contributed by atoms with Gasteiger partial charge in [0.2, 0.25) is 0 Å². The summed E-state index contributed by atoms with van der Waals surface area (Å²) < 4.78 is 39.5. The molecule has 0 amide bonds. The van der Waals surface area contributed by atoms with E-state index in [9.17, 15) is 17.6 Å². The molecule has 2 aromatic rings. The van der Waals surface area contributed by atoms with Gasteiger partial charge in [0, 0.05) is 12.1 Å². The molecule has 0 aliphatic heterocycles. The molecular formula is C15H14FNO4S. The second-order valence-electron chi connectivity index (χ2n) is 4.65. The van der Waals surface area contributed by atoms with E-state index in [2.05, 4.69) is 4.72 Å². The van der Waals surface area contributed by atoms with E-state index >= 15 is 0 Å². The molecule has 2 aromatic carbocycles. The van der Waals surface area contributed by atoms with E-state index in [4.69, 9.17) is 5.11 Å². The molecule has 0 aromatic heterocycles. The standard InChI is InChI=1S/C15H14FNO4S/c16-12-4-6-13(7-5-12)17-22(20,21)14-8-1-11(2-9-14)3-10-15(18)19/h1-2,4-9,17H,3,10H2,(H,18,19). The Morgan fingerprint density at radius 2 is 1.64 bits per heavy atom. The number of nitrogens with one attached hydrogen (secondary N) is 1. The molecule has 22 heavy (non-hydrogen) atoms. The van der Waals surface area contributed by atoms with Crippen LogP contribution in [-0.2, 0) is 21.2 Å². The van der Waals surface area contributed by atoms with Crippen LogP contribution in [0.15, 0.2) is 53.4 Å². The fourth-order valence-electron chi connectivity index (χ4n) is 1.82. The van der Waals surface area contributed by atoms with Crippen molar-refractivity contribution < 1.29 is 22.7 Å². The summed E-state index contributed by atoms with van der Waals surface area (Å²) in [6, 6.07) is 10.9. The largest absolute Gasteiger partial charge is 0.481 e. The molecule has 5 nitrogen and oxygen atoms in total. The lowest BCUT2D eigenvalue weighted by atomic mass is 10.1. The van der Waals surface area contributed by atoms with Crippen LogP contribution in [0.25, 0.3) is 0 Å². The Morgan fingerprint density at radius 3 is 2.18 bits per heavy atom. The molecule has 0 aliphatic rings. The van der Waals surface area contributed by atoms with Gasteiger partial charge in [-0.15, -0.1) is 0 Å². The summed E-state index contributed by atoms with van der Waals surface area (Å²) in [6.07, 6.45) is 0.320. The molecule has 0 bridgehead atoms. The Bertz CT molecular complexity index is 755. The van der Waals surface area contributed by atoms with Crippen molar-refractivity contribution in [3.8, 4) is 0 Å². The molecule has 0 heterocycles. The van der Waals surface area contributed by atoms with E-state index in [1.165, 1.54) is 24.3 Å². The van der Waals surface area contributed by atoms with Gasteiger partial charge in [-0.1, -0.05) is 12.1 Å². The lowest BCUT2D eigenvalue weighted by Crippen LogP contribution is -2.13. The summed E-state index contributed by atoms with van der Waals surface area (Å²) in [4.78, 5) is 10.5. The SMILES string of the molecule is O=C(O)CCc1ccc(S(=O)(=O)Nc2ccc(F)cc2)cc1. The van der Waals surface area contributed by atoms with Crippen LogP contribution in [0.1, 0.15) is 12.0 Å². The maximum absolute atomic E-state index is 12.8. The zero-order valence-electron chi connectivity index (χ0n) is 11.5. The van der Waals surface area contributed by atoms with Crippen molar-refractivity contribution in [3.05, 3.63) is 59.9 Å². The van der Waals surface area contributed by atoms with E-state index < -0.39 is 21.8 Å². The third-order valence-electron chi connectivity index (χ3n) is 2.96. The number of carboxylic acid groups (broad SMARTS) is 1. The van der Waals surface area contributed by atoms with Crippen molar-refractivity contribution >= 4 is 21.7 Å². The summed E-state index contributed by atoms with van der Waals surface area (Å²) >= 11 is 0. The summed E-state index contributed by atoms with van der Waals surface area (Å²) in [5, 5.41) is 8.61. The minimum absolute atomic E-state index is 0.0140. The zero-order chi connectivity index (χ0) is 16.2. The number of anilines is 1. The first-order valence-electron chi connectivity index (χ1n) is 6.46. The molecule has 0 radical (unpaired) electrons. The number of carboxylic acids is 1. The average molecular weight is 323 g/mol. The highest BCUT2D eigenvalue weighted by Gasteiger charge is 2.14. The van der Waals surface area contributed by atoms with Crippen molar-refractivity contribution in [1.82, 2.24) is 0 Å². The van der Waals surface area contributed by atoms with Crippen LogP contribution < -0.4 is 4.72 Å². The van der Waals surface area contributed by atoms with Crippen LogP contribution in [-0.4, -0.2) is 19.5 Å². The Balaban J connectivity index is 2.12. The van der Waals surface area contributed by atoms with Crippen LogP contribution in [0.3, 0.4) is 0 Å². The van der Waals surface area contributed by atoms with Crippen molar-refractivity contribution in [3.63, 3.8) is 0 Å². The fraction of sp³-hybridized carbons (Fsp3) is 0.133. The predicted molar refractivity (Wildman–Crippen MR) is 79.6 cm³/mol. The van der Waals surface area contributed by atoms with Crippen molar-refractivity contribution in [2.24, 2.45) is 0 Å². The van der Waals surface area contributed by atoms with Gasteiger partial charge in [0.1, 0.15) is 5.82 Å². The predicted octanol–water partition coefficient (Wildman–Crippen LogP) is 2.64. The molecule has 7 heteroatoms. The Labute approximate surface area is 127 Å². The van der Waals surface area contributed by atoms with Gasteiger partial charge in [-0.3, -0.25) is 9.52 Å². The van der Waals surface area contributed by atoms with Gasteiger partial charge in [-0.25, -0.2) is 12.8 Å². The van der Waals surface area contributed by atoms with Gasteiger partial charge in [0.05, 0.1) is 4.90 Å². The van der Waals surface area contributed by atoms with Gasteiger partial charge in [0.25, 0.3) is 10.0 Å². The van der Waals surface area contributed by atoms with Crippen molar-refractivity contribution in [2.45, 2.75) is 17.7 Å². The van der Waals surface area contributed by atoms with Gasteiger partial charge >= 0.3 is 5.97 Å². The Morgan fingerprint density at radius 1 is 1.05 bits per heavy atom. The Hall–Kier alpha value is -2.41. The maximum Gasteiger partial charge on any atom is 0.303 e. The number of carbonyl (C=O) groups is 1. The molecule has 0 saturated heterocycles. The number of aliphatic carboxylic acids is 1.